The maximum Gasteiger partial charge on any atom is 0.134 e. The fourth-order valence-corrected chi connectivity index (χ4v) is 2.22. The molecule has 3 rings (SSSR count). The first kappa shape index (κ1) is 12.8. The molecule has 0 saturated carbocycles. The van der Waals surface area contributed by atoms with Crippen molar-refractivity contribution in [3.05, 3.63) is 65.4 Å². The molecule has 0 saturated heterocycles. The van der Waals surface area contributed by atoms with Gasteiger partial charge in [0.05, 0.1) is 5.69 Å². The predicted molar refractivity (Wildman–Crippen MR) is 74.3 cm³/mol. The van der Waals surface area contributed by atoms with Crippen LogP contribution in [0.5, 0.6) is 0 Å². The summed E-state index contributed by atoms with van der Waals surface area (Å²) in [6.45, 7) is 1.91. The van der Waals surface area contributed by atoms with Crippen LogP contribution in [0.1, 0.15) is 23.2 Å². The van der Waals surface area contributed by atoms with Crippen LogP contribution in [0, 0.1) is 12.7 Å². The normalized spacial score (nSPS) is 12.8. The fraction of sp³-hybridized carbons (Fsp3) is 0.133. The van der Waals surface area contributed by atoms with Crippen LogP contribution in [0.15, 0.2) is 46.9 Å². The summed E-state index contributed by atoms with van der Waals surface area (Å²) in [6, 6.07) is 11.5. The number of hydrazine groups is 1. The molecule has 0 aliphatic heterocycles. The standard InChI is InChI=1S/C15H14FN3O/c1-9-3-2-4-12(18-9)15(19-17)14-8-10-7-11(16)5-6-13(10)20-14/h2-8,15,19H,17H2,1H3. The number of pyridine rings is 1. The van der Waals surface area contributed by atoms with Gasteiger partial charge in [-0.1, -0.05) is 6.07 Å². The van der Waals surface area contributed by atoms with Gasteiger partial charge in [-0.05, 0) is 43.3 Å². The minimum absolute atomic E-state index is 0.296. The van der Waals surface area contributed by atoms with Crippen LogP contribution in [-0.2, 0) is 0 Å². The van der Waals surface area contributed by atoms with Crippen molar-refractivity contribution < 1.29 is 8.81 Å². The number of furan rings is 1. The number of nitrogens with zero attached hydrogens (tertiary/aromatic N) is 1. The molecule has 0 amide bonds. The highest BCUT2D eigenvalue weighted by Gasteiger charge is 2.18. The minimum Gasteiger partial charge on any atom is -0.459 e. The van der Waals surface area contributed by atoms with Crippen molar-refractivity contribution in [2.75, 3.05) is 0 Å². The number of aromatic nitrogens is 1. The van der Waals surface area contributed by atoms with E-state index < -0.39 is 0 Å². The van der Waals surface area contributed by atoms with Crippen molar-refractivity contribution in [3.8, 4) is 0 Å². The van der Waals surface area contributed by atoms with Gasteiger partial charge >= 0.3 is 0 Å². The summed E-state index contributed by atoms with van der Waals surface area (Å²) in [5.74, 6) is 5.92. The molecule has 3 N–H and O–H groups in total. The van der Waals surface area contributed by atoms with Gasteiger partial charge in [0, 0.05) is 11.1 Å². The molecule has 1 unspecified atom stereocenters. The number of rotatable bonds is 3. The molecule has 20 heavy (non-hydrogen) atoms. The summed E-state index contributed by atoms with van der Waals surface area (Å²) in [7, 11) is 0. The topological polar surface area (TPSA) is 64.1 Å². The second kappa shape index (κ2) is 5.03. The van der Waals surface area contributed by atoms with Gasteiger partial charge in [-0.2, -0.15) is 0 Å². The highest BCUT2D eigenvalue weighted by Crippen LogP contribution is 2.27. The highest BCUT2D eigenvalue weighted by molar-refractivity contribution is 5.78. The Morgan fingerprint density at radius 3 is 2.85 bits per heavy atom. The van der Waals surface area contributed by atoms with Gasteiger partial charge in [-0.15, -0.1) is 0 Å². The highest BCUT2D eigenvalue weighted by atomic mass is 19.1. The molecule has 102 valence electrons. The van der Waals surface area contributed by atoms with E-state index in [2.05, 4.69) is 10.4 Å². The van der Waals surface area contributed by atoms with Gasteiger partial charge in [0.2, 0.25) is 0 Å². The molecular weight excluding hydrogens is 257 g/mol. The summed E-state index contributed by atoms with van der Waals surface area (Å²) in [6.07, 6.45) is 0. The lowest BCUT2D eigenvalue weighted by Gasteiger charge is -2.12. The van der Waals surface area contributed by atoms with Crippen molar-refractivity contribution in [2.24, 2.45) is 5.84 Å². The third-order valence-electron chi connectivity index (χ3n) is 3.15. The Balaban J connectivity index is 2.07. The van der Waals surface area contributed by atoms with E-state index in [1.807, 2.05) is 25.1 Å². The molecule has 0 aliphatic carbocycles. The Labute approximate surface area is 115 Å². The zero-order valence-corrected chi connectivity index (χ0v) is 10.9. The molecule has 3 aromatic rings. The van der Waals surface area contributed by atoms with Gasteiger partial charge in [-0.25, -0.2) is 9.82 Å². The van der Waals surface area contributed by atoms with E-state index in [4.69, 9.17) is 10.3 Å². The largest absolute Gasteiger partial charge is 0.459 e. The number of aryl methyl sites for hydroxylation is 1. The number of hydrogen-bond donors (Lipinski definition) is 2. The maximum atomic E-state index is 13.2. The Bertz CT molecular complexity index is 754. The summed E-state index contributed by atoms with van der Waals surface area (Å²) < 4.78 is 18.9. The van der Waals surface area contributed by atoms with E-state index in [-0.39, 0.29) is 11.9 Å². The Morgan fingerprint density at radius 2 is 2.10 bits per heavy atom. The molecule has 1 atom stereocenters. The van der Waals surface area contributed by atoms with E-state index >= 15 is 0 Å². The number of halogens is 1. The zero-order chi connectivity index (χ0) is 14.1. The van der Waals surface area contributed by atoms with E-state index in [1.54, 1.807) is 12.1 Å². The quantitative estimate of drug-likeness (QED) is 0.568. The molecule has 2 aromatic heterocycles. The van der Waals surface area contributed by atoms with Gasteiger partial charge in [-0.3, -0.25) is 10.8 Å². The summed E-state index contributed by atoms with van der Waals surface area (Å²) >= 11 is 0. The monoisotopic (exact) mass is 271 g/mol. The van der Waals surface area contributed by atoms with Crippen molar-refractivity contribution in [2.45, 2.75) is 13.0 Å². The molecule has 2 heterocycles. The SMILES string of the molecule is Cc1cccc(C(NN)c2cc3cc(F)ccc3o2)n1. The number of fused-ring (bicyclic) bond motifs is 1. The lowest BCUT2D eigenvalue weighted by molar-refractivity contribution is 0.470. The Hall–Kier alpha value is -2.24. The number of benzene rings is 1. The molecule has 5 heteroatoms. The van der Waals surface area contributed by atoms with Crippen molar-refractivity contribution >= 4 is 11.0 Å². The van der Waals surface area contributed by atoms with Gasteiger partial charge in [0.1, 0.15) is 23.2 Å². The first-order valence-corrected chi connectivity index (χ1v) is 6.26. The summed E-state index contributed by atoms with van der Waals surface area (Å²) in [5.41, 5.74) is 4.96. The van der Waals surface area contributed by atoms with Crippen LogP contribution in [0.25, 0.3) is 11.0 Å². The molecule has 0 spiro atoms. The van der Waals surface area contributed by atoms with Crippen LogP contribution >= 0.6 is 0 Å². The van der Waals surface area contributed by atoms with E-state index in [9.17, 15) is 4.39 Å². The van der Waals surface area contributed by atoms with Crippen molar-refractivity contribution in [1.82, 2.24) is 10.4 Å². The molecule has 0 bridgehead atoms. The second-order valence-corrected chi connectivity index (χ2v) is 4.63. The van der Waals surface area contributed by atoms with Crippen LogP contribution in [0.4, 0.5) is 4.39 Å². The molecule has 0 radical (unpaired) electrons. The Morgan fingerprint density at radius 1 is 1.25 bits per heavy atom. The average Bonchev–Trinajstić information content (AvgIpc) is 2.82. The summed E-state index contributed by atoms with van der Waals surface area (Å²) in [4.78, 5) is 4.43. The Kier molecular flexibility index (Phi) is 3.22. The maximum absolute atomic E-state index is 13.2. The lowest BCUT2D eigenvalue weighted by Crippen LogP contribution is -2.29. The van der Waals surface area contributed by atoms with Crippen molar-refractivity contribution in [1.29, 1.82) is 0 Å². The van der Waals surface area contributed by atoms with Crippen LogP contribution in [-0.4, -0.2) is 4.98 Å². The average molecular weight is 271 g/mol. The molecule has 1 aromatic carbocycles. The van der Waals surface area contributed by atoms with Crippen LogP contribution in [0.2, 0.25) is 0 Å². The predicted octanol–water partition coefficient (Wildman–Crippen LogP) is 2.83. The number of hydrogen-bond acceptors (Lipinski definition) is 4. The number of nitrogens with one attached hydrogen (secondary N) is 1. The second-order valence-electron chi connectivity index (χ2n) is 4.63. The van der Waals surface area contributed by atoms with E-state index in [1.165, 1.54) is 12.1 Å². The van der Waals surface area contributed by atoms with E-state index in [0.29, 0.717) is 16.7 Å². The first-order valence-electron chi connectivity index (χ1n) is 6.26. The smallest absolute Gasteiger partial charge is 0.134 e. The van der Waals surface area contributed by atoms with Crippen molar-refractivity contribution in [3.63, 3.8) is 0 Å². The zero-order valence-electron chi connectivity index (χ0n) is 10.9. The molecule has 4 nitrogen and oxygen atoms in total. The molecule has 0 aliphatic rings. The van der Waals surface area contributed by atoms with Crippen LogP contribution in [0.3, 0.4) is 0 Å². The first-order chi connectivity index (χ1) is 9.67. The van der Waals surface area contributed by atoms with Gasteiger partial charge in [0.25, 0.3) is 0 Å². The third-order valence-corrected chi connectivity index (χ3v) is 3.15. The van der Waals surface area contributed by atoms with E-state index in [0.717, 1.165) is 11.4 Å². The van der Waals surface area contributed by atoms with Gasteiger partial charge < -0.3 is 4.42 Å². The molecular formula is C15H14FN3O. The third kappa shape index (κ3) is 2.29. The number of nitrogens with two attached hydrogens (primary N) is 1. The molecule has 0 fully saturated rings. The summed E-state index contributed by atoms with van der Waals surface area (Å²) in [5, 5.41) is 0.702. The van der Waals surface area contributed by atoms with Gasteiger partial charge in [0.15, 0.2) is 0 Å². The fourth-order valence-electron chi connectivity index (χ4n) is 2.22. The lowest BCUT2D eigenvalue weighted by atomic mass is 10.1. The van der Waals surface area contributed by atoms with Crippen LogP contribution < -0.4 is 11.3 Å². The minimum atomic E-state index is -0.370.